The van der Waals surface area contributed by atoms with Crippen molar-refractivity contribution in [3.05, 3.63) is 24.0 Å². The Morgan fingerprint density at radius 1 is 1.63 bits per heavy atom. The Kier molecular flexibility index (Phi) is 4.70. The molecule has 6 heteroatoms. The van der Waals surface area contributed by atoms with E-state index in [0.717, 1.165) is 6.54 Å². The second-order valence-electron chi connectivity index (χ2n) is 4.30. The van der Waals surface area contributed by atoms with Gasteiger partial charge in [-0.15, -0.1) is 0 Å². The fraction of sp³-hybridized carbons (Fsp3) is 0.462. The number of carbonyl (C=O) groups excluding carboxylic acids is 1. The fourth-order valence-corrected chi connectivity index (χ4v) is 1.89. The number of carbonyl (C=O) groups is 1. The van der Waals surface area contributed by atoms with Gasteiger partial charge in [-0.2, -0.15) is 0 Å². The average Bonchev–Trinajstić information content (AvgIpc) is 2.42. The number of halogens is 1. The maximum absolute atomic E-state index is 13.5. The van der Waals surface area contributed by atoms with Crippen molar-refractivity contribution in [2.75, 3.05) is 32.1 Å². The van der Waals surface area contributed by atoms with Gasteiger partial charge in [0.05, 0.1) is 31.9 Å². The van der Waals surface area contributed by atoms with Gasteiger partial charge >= 0.3 is 0 Å². The first-order valence-electron chi connectivity index (χ1n) is 6.15. The van der Waals surface area contributed by atoms with E-state index in [0.29, 0.717) is 18.9 Å². The third-order valence-corrected chi connectivity index (χ3v) is 2.87. The number of nitrogens with one attached hydrogen (secondary N) is 2. The minimum absolute atomic E-state index is 0.119. The number of hydrogen-bond acceptors (Lipinski definition) is 4. The number of benzene rings is 1. The quantitative estimate of drug-likeness (QED) is 0.860. The van der Waals surface area contributed by atoms with E-state index < -0.39 is 5.82 Å². The third-order valence-electron chi connectivity index (χ3n) is 2.87. The number of anilines is 1. The van der Waals surface area contributed by atoms with Gasteiger partial charge in [-0.3, -0.25) is 4.79 Å². The topological polar surface area (TPSA) is 59.6 Å². The summed E-state index contributed by atoms with van der Waals surface area (Å²) >= 11 is 0. The largest absolute Gasteiger partial charge is 0.497 e. The van der Waals surface area contributed by atoms with Crippen LogP contribution >= 0.6 is 0 Å². The molecule has 0 radical (unpaired) electrons. The summed E-state index contributed by atoms with van der Waals surface area (Å²) in [5.74, 6) is -0.273. The summed E-state index contributed by atoms with van der Waals surface area (Å²) in [5.41, 5.74) is 0.119. The first-order valence-corrected chi connectivity index (χ1v) is 6.15. The van der Waals surface area contributed by atoms with Crippen LogP contribution < -0.4 is 15.4 Å². The first-order chi connectivity index (χ1) is 9.19. The van der Waals surface area contributed by atoms with Crippen molar-refractivity contribution < 1.29 is 18.7 Å². The molecule has 5 nitrogen and oxygen atoms in total. The van der Waals surface area contributed by atoms with Gasteiger partial charge in [-0.25, -0.2) is 4.39 Å². The SMILES string of the molecule is COc1ccc(F)c(NC(=O)CC2CNCCO2)c1. The van der Waals surface area contributed by atoms with E-state index in [1.165, 1.54) is 25.3 Å². The van der Waals surface area contributed by atoms with Gasteiger partial charge in [-0.1, -0.05) is 0 Å². The first kappa shape index (κ1) is 13.8. The monoisotopic (exact) mass is 268 g/mol. The van der Waals surface area contributed by atoms with E-state index in [1.54, 1.807) is 0 Å². The molecule has 1 atom stereocenters. The molecular formula is C13H17FN2O3. The molecule has 1 aliphatic rings. The molecule has 2 N–H and O–H groups in total. The Morgan fingerprint density at radius 2 is 2.47 bits per heavy atom. The summed E-state index contributed by atoms with van der Waals surface area (Å²) in [4.78, 5) is 11.8. The predicted octanol–water partition coefficient (Wildman–Crippen LogP) is 1.15. The van der Waals surface area contributed by atoms with Gasteiger partial charge < -0.3 is 20.1 Å². The fourth-order valence-electron chi connectivity index (χ4n) is 1.89. The van der Waals surface area contributed by atoms with Crippen LogP contribution in [-0.2, 0) is 9.53 Å². The molecule has 1 heterocycles. The summed E-state index contributed by atoms with van der Waals surface area (Å²) in [6.07, 6.45) is 0.0336. The van der Waals surface area contributed by atoms with Crippen LogP contribution in [0.3, 0.4) is 0 Å². The van der Waals surface area contributed by atoms with Crippen molar-refractivity contribution in [3.63, 3.8) is 0 Å². The number of rotatable bonds is 4. The van der Waals surface area contributed by atoms with Crippen LogP contribution in [0.1, 0.15) is 6.42 Å². The minimum atomic E-state index is -0.489. The highest BCUT2D eigenvalue weighted by molar-refractivity contribution is 5.91. The van der Waals surface area contributed by atoms with Crippen LogP contribution in [0.15, 0.2) is 18.2 Å². The Labute approximate surface area is 111 Å². The summed E-state index contributed by atoms with van der Waals surface area (Å²) in [7, 11) is 1.49. The lowest BCUT2D eigenvalue weighted by Crippen LogP contribution is -2.40. The average molecular weight is 268 g/mol. The molecule has 0 spiro atoms. The van der Waals surface area contributed by atoms with E-state index in [-0.39, 0.29) is 24.1 Å². The molecule has 1 fully saturated rings. The van der Waals surface area contributed by atoms with Gasteiger partial charge in [0, 0.05) is 19.2 Å². The molecule has 1 aliphatic heterocycles. The minimum Gasteiger partial charge on any atom is -0.497 e. The number of ether oxygens (including phenoxy) is 2. The summed E-state index contributed by atoms with van der Waals surface area (Å²) < 4.78 is 23.9. The molecule has 0 aliphatic carbocycles. The highest BCUT2D eigenvalue weighted by Crippen LogP contribution is 2.21. The van der Waals surface area contributed by atoms with E-state index >= 15 is 0 Å². The van der Waals surface area contributed by atoms with Crippen molar-refractivity contribution in [1.82, 2.24) is 5.32 Å². The summed E-state index contributed by atoms with van der Waals surface area (Å²) in [6, 6.07) is 4.21. The van der Waals surface area contributed by atoms with Crippen LogP contribution in [0.25, 0.3) is 0 Å². The Hall–Kier alpha value is -1.66. The van der Waals surface area contributed by atoms with E-state index in [1.807, 2.05) is 0 Å². The maximum Gasteiger partial charge on any atom is 0.227 e. The van der Waals surface area contributed by atoms with Gasteiger partial charge in [0.1, 0.15) is 11.6 Å². The summed E-state index contributed by atoms with van der Waals surface area (Å²) in [6.45, 7) is 2.02. The molecule has 1 aromatic rings. The number of amides is 1. The molecular weight excluding hydrogens is 251 g/mol. The summed E-state index contributed by atoms with van der Waals surface area (Å²) in [5, 5.41) is 5.67. The number of methoxy groups -OCH3 is 1. The molecule has 104 valence electrons. The zero-order chi connectivity index (χ0) is 13.7. The normalized spacial score (nSPS) is 18.9. The van der Waals surface area contributed by atoms with Crippen molar-refractivity contribution in [1.29, 1.82) is 0 Å². The molecule has 0 bridgehead atoms. The van der Waals surface area contributed by atoms with Crippen molar-refractivity contribution in [2.24, 2.45) is 0 Å². The molecule has 1 aromatic carbocycles. The van der Waals surface area contributed by atoms with Crippen LogP contribution in [0, 0.1) is 5.82 Å². The molecule has 0 saturated carbocycles. The van der Waals surface area contributed by atoms with Crippen LogP contribution in [-0.4, -0.2) is 38.8 Å². The van der Waals surface area contributed by atoms with Gasteiger partial charge in [-0.05, 0) is 12.1 Å². The van der Waals surface area contributed by atoms with Crippen molar-refractivity contribution in [2.45, 2.75) is 12.5 Å². The lowest BCUT2D eigenvalue weighted by Gasteiger charge is -2.23. The highest BCUT2D eigenvalue weighted by Gasteiger charge is 2.18. The van der Waals surface area contributed by atoms with Gasteiger partial charge in [0.2, 0.25) is 5.91 Å². The van der Waals surface area contributed by atoms with Crippen LogP contribution in [0.2, 0.25) is 0 Å². The Balaban J connectivity index is 1.94. The van der Waals surface area contributed by atoms with Gasteiger partial charge in [0.25, 0.3) is 0 Å². The lowest BCUT2D eigenvalue weighted by molar-refractivity contribution is -0.119. The van der Waals surface area contributed by atoms with E-state index in [2.05, 4.69) is 10.6 Å². The smallest absolute Gasteiger partial charge is 0.227 e. The second-order valence-corrected chi connectivity index (χ2v) is 4.30. The van der Waals surface area contributed by atoms with Crippen LogP contribution in [0.5, 0.6) is 5.75 Å². The molecule has 19 heavy (non-hydrogen) atoms. The Morgan fingerprint density at radius 3 is 3.16 bits per heavy atom. The number of morpholine rings is 1. The third kappa shape index (κ3) is 3.90. The lowest BCUT2D eigenvalue weighted by atomic mass is 10.2. The molecule has 1 amide bonds. The molecule has 2 rings (SSSR count). The number of hydrogen-bond donors (Lipinski definition) is 2. The molecule has 1 unspecified atom stereocenters. The molecule has 1 saturated heterocycles. The molecule has 0 aromatic heterocycles. The predicted molar refractivity (Wildman–Crippen MR) is 68.8 cm³/mol. The zero-order valence-corrected chi connectivity index (χ0v) is 10.7. The Bertz CT molecular complexity index is 448. The van der Waals surface area contributed by atoms with Gasteiger partial charge in [0.15, 0.2) is 0 Å². The maximum atomic E-state index is 13.5. The van der Waals surface area contributed by atoms with Crippen LogP contribution in [0.4, 0.5) is 10.1 Å². The zero-order valence-electron chi connectivity index (χ0n) is 10.7. The highest BCUT2D eigenvalue weighted by atomic mass is 19.1. The van der Waals surface area contributed by atoms with E-state index in [9.17, 15) is 9.18 Å². The standard InChI is InChI=1S/C13H17FN2O3/c1-18-9-2-3-11(14)12(6-9)16-13(17)7-10-8-15-4-5-19-10/h2-3,6,10,15H,4-5,7-8H2,1H3,(H,16,17). The second kappa shape index (κ2) is 6.49. The van der Waals surface area contributed by atoms with Crippen molar-refractivity contribution in [3.8, 4) is 5.75 Å². The van der Waals surface area contributed by atoms with E-state index in [4.69, 9.17) is 9.47 Å². The van der Waals surface area contributed by atoms with Crippen molar-refractivity contribution >= 4 is 11.6 Å².